The van der Waals surface area contributed by atoms with E-state index in [1.54, 1.807) is 0 Å². The van der Waals surface area contributed by atoms with Gasteiger partial charge in [0, 0.05) is 30.2 Å². The fourth-order valence-corrected chi connectivity index (χ4v) is 3.43. The first-order chi connectivity index (χ1) is 8.31. The number of hydrogen-bond acceptors (Lipinski definition) is 3. The molecule has 0 radical (unpaired) electrons. The van der Waals surface area contributed by atoms with E-state index in [1.165, 1.54) is 17.7 Å². The molecule has 1 aliphatic heterocycles. The SMILES string of the molecule is CCC(NC(C)C1CCOCC1)c1cccs1. The van der Waals surface area contributed by atoms with Crippen LogP contribution in [0.5, 0.6) is 0 Å². The van der Waals surface area contributed by atoms with Crippen molar-refractivity contribution < 1.29 is 4.74 Å². The van der Waals surface area contributed by atoms with Crippen LogP contribution in [0.2, 0.25) is 0 Å². The van der Waals surface area contributed by atoms with E-state index in [-0.39, 0.29) is 0 Å². The van der Waals surface area contributed by atoms with Crippen LogP contribution in [0.3, 0.4) is 0 Å². The van der Waals surface area contributed by atoms with E-state index in [0.717, 1.165) is 25.6 Å². The molecule has 0 spiro atoms. The molecule has 96 valence electrons. The minimum atomic E-state index is 0.521. The topological polar surface area (TPSA) is 21.3 Å². The summed E-state index contributed by atoms with van der Waals surface area (Å²) in [7, 11) is 0. The smallest absolute Gasteiger partial charge is 0.0469 e. The van der Waals surface area contributed by atoms with Crippen molar-refractivity contribution in [1.29, 1.82) is 0 Å². The fraction of sp³-hybridized carbons (Fsp3) is 0.714. The van der Waals surface area contributed by atoms with Crippen LogP contribution in [0.15, 0.2) is 17.5 Å². The Bertz CT molecular complexity index is 306. The lowest BCUT2D eigenvalue weighted by atomic mass is 9.92. The first kappa shape index (κ1) is 13.1. The van der Waals surface area contributed by atoms with Crippen molar-refractivity contribution in [1.82, 2.24) is 5.32 Å². The summed E-state index contributed by atoms with van der Waals surface area (Å²) >= 11 is 1.86. The number of hydrogen-bond donors (Lipinski definition) is 1. The van der Waals surface area contributed by atoms with Gasteiger partial charge in [-0.05, 0) is 43.6 Å². The molecule has 2 nitrogen and oxygen atoms in total. The number of rotatable bonds is 5. The minimum Gasteiger partial charge on any atom is -0.381 e. The molecule has 1 aromatic heterocycles. The van der Waals surface area contributed by atoms with Crippen LogP contribution >= 0.6 is 11.3 Å². The molecule has 2 atom stereocenters. The Hall–Kier alpha value is -0.380. The predicted molar refractivity (Wildman–Crippen MR) is 73.5 cm³/mol. The van der Waals surface area contributed by atoms with Crippen LogP contribution in [0, 0.1) is 5.92 Å². The minimum absolute atomic E-state index is 0.521. The number of ether oxygens (including phenoxy) is 1. The summed E-state index contributed by atoms with van der Waals surface area (Å²) in [5, 5.41) is 5.96. The average molecular weight is 253 g/mol. The third-order valence-electron chi connectivity index (χ3n) is 3.73. The van der Waals surface area contributed by atoms with Gasteiger partial charge < -0.3 is 10.1 Å². The highest BCUT2D eigenvalue weighted by Gasteiger charge is 2.22. The quantitative estimate of drug-likeness (QED) is 0.865. The maximum Gasteiger partial charge on any atom is 0.0469 e. The molecule has 2 rings (SSSR count). The first-order valence-corrected chi connectivity index (χ1v) is 7.56. The van der Waals surface area contributed by atoms with Gasteiger partial charge in [-0.15, -0.1) is 11.3 Å². The summed E-state index contributed by atoms with van der Waals surface area (Å²) in [5.74, 6) is 0.776. The van der Waals surface area contributed by atoms with Gasteiger partial charge in [0.25, 0.3) is 0 Å². The Morgan fingerprint density at radius 3 is 2.82 bits per heavy atom. The zero-order valence-electron chi connectivity index (χ0n) is 10.8. The maximum absolute atomic E-state index is 5.43. The fourth-order valence-electron chi connectivity index (χ4n) is 2.56. The Morgan fingerprint density at radius 2 is 2.24 bits per heavy atom. The average Bonchev–Trinajstić information content (AvgIpc) is 2.90. The molecule has 2 heterocycles. The van der Waals surface area contributed by atoms with Crippen molar-refractivity contribution in [3.8, 4) is 0 Å². The van der Waals surface area contributed by atoms with E-state index in [2.05, 4.69) is 36.7 Å². The summed E-state index contributed by atoms with van der Waals surface area (Å²) in [4.78, 5) is 1.46. The van der Waals surface area contributed by atoms with Crippen molar-refractivity contribution in [2.75, 3.05) is 13.2 Å². The zero-order valence-corrected chi connectivity index (χ0v) is 11.6. The second-order valence-electron chi connectivity index (χ2n) is 4.88. The summed E-state index contributed by atoms with van der Waals surface area (Å²) < 4.78 is 5.43. The van der Waals surface area contributed by atoms with Gasteiger partial charge in [0.15, 0.2) is 0 Å². The molecule has 1 aliphatic rings. The van der Waals surface area contributed by atoms with E-state index < -0.39 is 0 Å². The number of nitrogens with one attached hydrogen (secondary N) is 1. The molecule has 3 heteroatoms. The molecule has 2 unspecified atom stereocenters. The Labute approximate surface area is 108 Å². The van der Waals surface area contributed by atoms with Crippen LogP contribution in [0.25, 0.3) is 0 Å². The molecule has 1 N–H and O–H groups in total. The van der Waals surface area contributed by atoms with Crippen molar-refractivity contribution in [3.05, 3.63) is 22.4 Å². The maximum atomic E-state index is 5.43. The van der Waals surface area contributed by atoms with Crippen LogP contribution in [-0.4, -0.2) is 19.3 Å². The highest BCUT2D eigenvalue weighted by Crippen LogP contribution is 2.25. The Morgan fingerprint density at radius 1 is 1.47 bits per heavy atom. The lowest BCUT2D eigenvalue weighted by molar-refractivity contribution is 0.0543. The predicted octanol–water partition coefficient (Wildman–Crippen LogP) is 3.60. The molecule has 0 aliphatic carbocycles. The molecule has 0 bridgehead atoms. The first-order valence-electron chi connectivity index (χ1n) is 6.68. The van der Waals surface area contributed by atoms with Gasteiger partial charge >= 0.3 is 0 Å². The van der Waals surface area contributed by atoms with Crippen molar-refractivity contribution >= 4 is 11.3 Å². The van der Waals surface area contributed by atoms with E-state index in [0.29, 0.717) is 12.1 Å². The van der Waals surface area contributed by atoms with Gasteiger partial charge in [0.1, 0.15) is 0 Å². The molecule has 1 aromatic rings. The highest BCUT2D eigenvalue weighted by molar-refractivity contribution is 7.10. The molecule has 0 aromatic carbocycles. The molecule has 1 fully saturated rings. The third-order valence-corrected chi connectivity index (χ3v) is 4.72. The zero-order chi connectivity index (χ0) is 12.1. The van der Waals surface area contributed by atoms with Gasteiger partial charge in [0.05, 0.1) is 0 Å². The monoisotopic (exact) mass is 253 g/mol. The van der Waals surface area contributed by atoms with Crippen LogP contribution in [0.4, 0.5) is 0 Å². The van der Waals surface area contributed by atoms with Crippen molar-refractivity contribution in [3.63, 3.8) is 0 Å². The molecular weight excluding hydrogens is 230 g/mol. The number of thiophene rings is 1. The highest BCUT2D eigenvalue weighted by atomic mass is 32.1. The Balaban J connectivity index is 1.89. The normalized spacial score (nSPS) is 21.3. The van der Waals surface area contributed by atoms with E-state index in [9.17, 15) is 0 Å². The van der Waals surface area contributed by atoms with E-state index in [4.69, 9.17) is 4.74 Å². The van der Waals surface area contributed by atoms with Crippen LogP contribution in [0.1, 0.15) is 44.0 Å². The van der Waals surface area contributed by atoms with Gasteiger partial charge in [-0.2, -0.15) is 0 Å². The van der Waals surface area contributed by atoms with E-state index in [1.807, 2.05) is 11.3 Å². The lowest BCUT2D eigenvalue weighted by Gasteiger charge is -2.31. The summed E-state index contributed by atoms with van der Waals surface area (Å²) in [6.45, 7) is 6.46. The lowest BCUT2D eigenvalue weighted by Crippen LogP contribution is -2.38. The van der Waals surface area contributed by atoms with Crippen LogP contribution < -0.4 is 5.32 Å². The van der Waals surface area contributed by atoms with Crippen LogP contribution in [-0.2, 0) is 4.74 Å². The Kier molecular flexibility index (Phi) is 5.01. The largest absolute Gasteiger partial charge is 0.381 e. The van der Waals surface area contributed by atoms with Crippen molar-refractivity contribution in [2.45, 2.75) is 45.2 Å². The summed E-state index contributed by atoms with van der Waals surface area (Å²) in [6, 6.07) is 5.49. The summed E-state index contributed by atoms with van der Waals surface area (Å²) in [6.07, 6.45) is 3.57. The second-order valence-corrected chi connectivity index (χ2v) is 5.86. The summed E-state index contributed by atoms with van der Waals surface area (Å²) in [5.41, 5.74) is 0. The van der Waals surface area contributed by atoms with Gasteiger partial charge in [-0.1, -0.05) is 13.0 Å². The third kappa shape index (κ3) is 3.54. The van der Waals surface area contributed by atoms with Gasteiger partial charge in [-0.25, -0.2) is 0 Å². The molecule has 1 saturated heterocycles. The molecular formula is C14H23NOS. The van der Waals surface area contributed by atoms with Gasteiger partial charge in [0.2, 0.25) is 0 Å². The standard InChI is InChI=1S/C14H23NOS/c1-3-13(14-5-4-10-17-14)15-11(2)12-6-8-16-9-7-12/h4-5,10-13,15H,3,6-9H2,1-2H3. The molecule has 0 amide bonds. The van der Waals surface area contributed by atoms with E-state index >= 15 is 0 Å². The second kappa shape index (κ2) is 6.53. The van der Waals surface area contributed by atoms with Gasteiger partial charge in [-0.3, -0.25) is 0 Å². The molecule has 17 heavy (non-hydrogen) atoms. The molecule has 0 saturated carbocycles. The van der Waals surface area contributed by atoms with Crippen molar-refractivity contribution in [2.24, 2.45) is 5.92 Å².